The highest BCUT2D eigenvalue weighted by Gasteiger charge is 2.19. The summed E-state index contributed by atoms with van der Waals surface area (Å²) in [6.45, 7) is 5.42. The zero-order chi connectivity index (χ0) is 13.2. The minimum atomic E-state index is -1.46. The van der Waals surface area contributed by atoms with Crippen LogP contribution in [0.1, 0.15) is 25.0 Å². The lowest BCUT2D eigenvalue weighted by Crippen LogP contribution is -2.29. The van der Waals surface area contributed by atoms with Crippen LogP contribution in [-0.2, 0) is 11.0 Å². The Balaban J connectivity index is 3.08. The van der Waals surface area contributed by atoms with Crippen LogP contribution in [0.3, 0.4) is 0 Å². The van der Waals surface area contributed by atoms with E-state index in [2.05, 4.69) is 15.9 Å². The standard InChI is InChI=1S/C12H15BrFNOS/c1-8-6-10(13)11(14)7-9(8)4-5-12(2,3)17(15)16/h4-7H,15H2,1-3H3. The lowest BCUT2D eigenvalue weighted by atomic mass is 10.1. The van der Waals surface area contributed by atoms with E-state index in [-0.39, 0.29) is 5.82 Å². The van der Waals surface area contributed by atoms with Crippen molar-refractivity contribution in [2.75, 3.05) is 0 Å². The van der Waals surface area contributed by atoms with Crippen molar-refractivity contribution in [3.05, 3.63) is 39.6 Å². The molecule has 0 amide bonds. The predicted octanol–water partition coefficient (Wildman–Crippen LogP) is 3.31. The first-order valence-corrected chi connectivity index (χ1v) is 7.06. The minimum Gasteiger partial charge on any atom is -0.251 e. The average molecular weight is 320 g/mol. The molecule has 0 aliphatic heterocycles. The third-order valence-electron chi connectivity index (χ3n) is 2.49. The number of nitrogens with two attached hydrogens (primary N) is 1. The van der Waals surface area contributed by atoms with Crippen LogP contribution in [0.2, 0.25) is 0 Å². The first kappa shape index (κ1) is 14.5. The van der Waals surface area contributed by atoms with Crippen molar-refractivity contribution < 1.29 is 8.60 Å². The van der Waals surface area contributed by atoms with Gasteiger partial charge in [-0.05, 0) is 60.0 Å². The molecule has 0 bridgehead atoms. The first-order valence-electron chi connectivity index (χ1n) is 5.05. The highest BCUT2D eigenvalue weighted by Crippen LogP contribution is 2.22. The van der Waals surface area contributed by atoms with E-state index in [1.165, 1.54) is 6.07 Å². The van der Waals surface area contributed by atoms with Crippen LogP contribution < -0.4 is 5.14 Å². The summed E-state index contributed by atoms with van der Waals surface area (Å²) in [5.41, 5.74) is 1.69. The molecular weight excluding hydrogens is 305 g/mol. The van der Waals surface area contributed by atoms with Gasteiger partial charge in [-0.1, -0.05) is 12.2 Å². The van der Waals surface area contributed by atoms with Gasteiger partial charge in [-0.2, -0.15) is 0 Å². The zero-order valence-corrected chi connectivity index (χ0v) is 12.4. The van der Waals surface area contributed by atoms with Gasteiger partial charge in [-0.25, -0.2) is 8.60 Å². The van der Waals surface area contributed by atoms with E-state index in [4.69, 9.17) is 5.14 Å². The normalized spacial score (nSPS) is 14.2. The summed E-state index contributed by atoms with van der Waals surface area (Å²) in [6.07, 6.45) is 3.48. The van der Waals surface area contributed by atoms with Crippen LogP contribution >= 0.6 is 15.9 Å². The molecule has 0 heterocycles. The molecule has 0 aliphatic carbocycles. The molecule has 0 aliphatic rings. The maximum absolute atomic E-state index is 13.4. The van der Waals surface area contributed by atoms with Gasteiger partial charge in [0.25, 0.3) is 0 Å². The SMILES string of the molecule is Cc1cc(Br)c(F)cc1C=CC(C)(C)S(N)=O. The first-order chi connectivity index (χ1) is 7.74. The van der Waals surface area contributed by atoms with Crippen molar-refractivity contribution in [2.24, 2.45) is 5.14 Å². The van der Waals surface area contributed by atoms with Gasteiger partial charge in [0.2, 0.25) is 0 Å². The maximum Gasteiger partial charge on any atom is 0.137 e. The van der Waals surface area contributed by atoms with Crippen molar-refractivity contribution >= 4 is 33.0 Å². The van der Waals surface area contributed by atoms with Gasteiger partial charge in [0.05, 0.1) is 20.2 Å². The molecule has 0 saturated heterocycles. The number of halogens is 2. The third kappa shape index (κ3) is 3.72. The van der Waals surface area contributed by atoms with Crippen LogP contribution in [0.25, 0.3) is 6.08 Å². The molecule has 94 valence electrons. The summed E-state index contributed by atoms with van der Waals surface area (Å²) in [5, 5.41) is 5.37. The fourth-order valence-corrected chi connectivity index (χ4v) is 1.86. The van der Waals surface area contributed by atoms with Gasteiger partial charge in [-0.3, -0.25) is 5.14 Å². The second-order valence-corrected chi connectivity index (χ2v) is 6.86. The highest BCUT2D eigenvalue weighted by atomic mass is 79.9. The number of hydrogen-bond acceptors (Lipinski definition) is 1. The molecule has 2 N–H and O–H groups in total. The Bertz CT molecular complexity index is 486. The molecule has 1 unspecified atom stereocenters. The van der Waals surface area contributed by atoms with Crippen LogP contribution in [0.5, 0.6) is 0 Å². The molecule has 0 fully saturated rings. The van der Waals surface area contributed by atoms with Crippen LogP contribution in [0.15, 0.2) is 22.7 Å². The minimum absolute atomic E-state index is 0.318. The molecule has 2 nitrogen and oxygen atoms in total. The summed E-state index contributed by atoms with van der Waals surface area (Å²) in [7, 11) is -1.46. The molecule has 5 heteroatoms. The molecular formula is C12H15BrFNOS. The highest BCUT2D eigenvalue weighted by molar-refractivity contribution is 9.10. The monoisotopic (exact) mass is 319 g/mol. The summed E-state index contributed by atoms with van der Waals surface area (Å²) in [6, 6.07) is 3.15. The lowest BCUT2D eigenvalue weighted by molar-refractivity contribution is 0.620. The van der Waals surface area contributed by atoms with Gasteiger partial charge in [-0.15, -0.1) is 0 Å². The second-order valence-electron chi connectivity index (χ2n) is 4.36. The molecule has 0 radical (unpaired) electrons. The molecule has 1 aromatic rings. The summed E-state index contributed by atoms with van der Waals surface area (Å²) in [4.78, 5) is 0. The average Bonchev–Trinajstić information content (AvgIpc) is 2.21. The smallest absolute Gasteiger partial charge is 0.137 e. The number of rotatable bonds is 3. The Hall–Kier alpha value is -0.520. The van der Waals surface area contributed by atoms with E-state index in [1.54, 1.807) is 32.1 Å². The maximum atomic E-state index is 13.4. The van der Waals surface area contributed by atoms with Gasteiger partial charge in [0.1, 0.15) is 5.82 Å². The Labute approximate surface area is 112 Å². The van der Waals surface area contributed by atoms with E-state index < -0.39 is 15.7 Å². The van der Waals surface area contributed by atoms with E-state index in [9.17, 15) is 8.60 Å². The van der Waals surface area contributed by atoms with E-state index in [1.807, 2.05) is 6.92 Å². The largest absolute Gasteiger partial charge is 0.251 e. The van der Waals surface area contributed by atoms with Crippen molar-refractivity contribution in [3.8, 4) is 0 Å². The van der Waals surface area contributed by atoms with E-state index in [0.717, 1.165) is 11.1 Å². The van der Waals surface area contributed by atoms with Gasteiger partial charge < -0.3 is 0 Å². The topological polar surface area (TPSA) is 43.1 Å². The summed E-state index contributed by atoms with van der Waals surface area (Å²) >= 11 is 3.13. The Morgan fingerprint density at radius 2 is 2.06 bits per heavy atom. The molecule has 17 heavy (non-hydrogen) atoms. The molecule has 0 saturated carbocycles. The Morgan fingerprint density at radius 3 is 2.59 bits per heavy atom. The summed E-state index contributed by atoms with van der Waals surface area (Å²) < 4.78 is 24.4. The molecule has 1 aromatic carbocycles. The number of hydrogen-bond donors (Lipinski definition) is 1. The second kappa shape index (κ2) is 5.42. The van der Waals surface area contributed by atoms with Gasteiger partial charge in [0, 0.05) is 0 Å². The number of aryl methyl sites for hydroxylation is 1. The van der Waals surface area contributed by atoms with Crippen LogP contribution in [0, 0.1) is 12.7 Å². The van der Waals surface area contributed by atoms with Crippen LogP contribution in [0.4, 0.5) is 4.39 Å². The van der Waals surface area contributed by atoms with Crippen molar-refractivity contribution in [1.82, 2.24) is 0 Å². The van der Waals surface area contributed by atoms with Gasteiger partial charge >= 0.3 is 0 Å². The zero-order valence-electron chi connectivity index (χ0n) is 9.96. The van der Waals surface area contributed by atoms with E-state index in [0.29, 0.717) is 4.47 Å². The number of benzene rings is 1. The summed E-state index contributed by atoms with van der Waals surface area (Å²) in [5.74, 6) is -0.318. The van der Waals surface area contributed by atoms with Gasteiger partial charge in [0.15, 0.2) is 0 Å². The molecule has 0 spiro atoms. The fraction of sp³-hybridized carbons (Fsp3) is 0.333. The fourth-order valence-electron chi connectivity index (χ4n) is 1.20. The predicted molar refractivity (Wildman–Crippen MR) is 74.3 cm³/mol. The molecule has 1 rings (SSSR count). The molecule has 0 aromatic heterocycles. The van der Waals surface area contributed by atoms with Crippen LogP contribution in [-0.4, -0.2) is 8.96 Å². The van der Waals surface area contributed by atoms with Crippen molar-refractivity contribution in [1.29, 1.82) is 0 Å². The van der Waals surface area contributed by atoms with Crippen molar-refractivity contribution in [2.45, 2.75) is 25.5 Å². The third-order valence-corrected chi connectivity index (χ3v) is 4.27. The van der Waals surface area contributed by atoms with Crippen molar-refractivity contribution in [3.63, 3.8) is 0 Å². The Kier molecular flexibility index (Phi) is 4.63. The quantitative estimate of drug-likeness (QED) is 0.912. The Morgan fingerprint density at radius 1 is 1.47 bits per heavy atom. The van der Waals surface area contributed by atoms with E-state index >= 15 is 0 Å². The molecule has 1 atom stereocenters. The lowest BCUT2D eigenvalue weighted by Gasteiger charge is -2.15.